The first kappa shape index (κ1) is 13.2. The molecule has 2 nitrogen and oxygen atoms in total. The van der Waals surface area contributed by atoms with Crippen molar-refractivity contribution < 1.29 is 13.2 Å². The summed E-state index contributed by atoms with van der Waals surface area (Å²) in [6, 6.07) is 8.78. The lowest BCUT2D eigenvalue weighted by Gasteiger charge is -2.20. The molecule has 0 saturated heterocycles. The van der Waals surface area contributed by atoms with Gasteiger partial charge in [0.2, 0.25) is 0 Å². The summed E-state index contributed by atoms with van der Waals surface area (Å²) in [4.78, 5) is 0. The number of hydrogen-bond donors (Lipinski definition) is 1. The first-order valence-corrected chi connectivity index (χ1v) is 5.65. The fraction of sp³-hybridized carbons (Fsp3) is 0.214. The van der Waals surface area contributed by atoms with Crippen molar-refractivity contribution in [1.29, 1.82) is 5.26 Å². The minimum atomic E-state index is -4.51. The maximum atomic E-state index is 12.9. The van der Waals surface area contributed by atoms with Crippen LogP contribution in [0.4, 0.5) is 13.2 Å². The van der Waals surface area contributed by atoms with Crippen LogP contribution in [0.3, 0.4) is 0 Å². The molecule has 2 rings (SSSR count). The van der Waals surface area contributed by atoms with Crippen LogP contribution in [-0.4, -0.2) is 12.7 Å². The van der Waals surface area contributed by atoms with Crippen molar-refractivity contribution in [3.63, 3.8) is 0 Å². The lowest BCUT2D eigenvalue weighted by molar-refractivity contribution is -0.0889. The molecule has 0 atom stereocenters. The molecule has 0 unspecified atom stereocenters. The van der Waals surface area contributed by atoms with Crippen molar-refractivity contribution in [2.45, 2.75) is 13.1 Å². The standard InChI is InChI=1S/C14H11F3N2/c1-9-3-2-4-10(5-9)13-6-12(14(15,16)17)11(7-18)8-19-13/h2-6,19H,8H2,1H3. The molecule has 5 heteroatoms. The van der Waals surface area contributed by atoms with Gasteiger partial charge in [-0.1, -0.05) is 23.8 Å². The van der Waals surface area contributed by atoms with Crippen LogP contribution in [0.5, 0.6) is 0 Å². The smallest absolute Gasteiger partial charge is 0.380 e. The molecule has 1 aromatic rings. The minimum absolute atomic E-state index is 0.106. The molecule has 1 aromatic carbocycles. The fourth-order valence-electron chi connectivity index (χ4n) is 1.91. The molecule has 98 valence electrons. The lowest BCUT2D eigenvalue weighted by Crippen LogP contribution is -2.25. The Hall–Kier alpha value is -2.22. The molecule has 0 amide bonds. The summed E-state index contributed by atoms with van der Waals surface area (Å²) in [5.74, 6) is 0. The quantitative estimate of drug-likeness (QED) is 0.844. The van der Waals surface area contributed by atoms with Crippen molar-refractivity contribution in [2.24, 2.45) is 0 Å². The molecular formula is C14H11F3N2. The van der Waals surface area contributed by atoms with E-state index in [0.717, 1.165) is 11.6 Å². The molecule has 0 aromatic heterocycles. The van der Waals surface area contributed by atoms with Crippen LogP contribution >= 0.6 is 0 Å². The van der Waals surface area contributed by atoms with Crippen molar-refractivity contribution in [2.75, 3.05) is 6.54 Å². The molecule has 0 radical (unpaired) electrons. The van der Waals surface area contributed by atoms with Crippen LogP contribution in [0, 0.1) is 18.3 Å². The predicted molar refractivity (Wildman–Crippen MR) is 65.9 cm³/mol. The Morgan fingerprint density at radius 2 is 2.05 bits per heavy atom. The highest BCUT2D eigenvalue weighted by molar-refractivity contribution is 5.70. The number of hydrogen-bond acceptors (Lipinski definition) is 2. The second kappa shape index (κ2) is 4.81. The van der Waals surface area contributed by atoms with Gasteiger partial charge in [-0.15, -0.1) is 0 Å². The van der Waals surface area contributed by atoms with Crippen LogP contribution in [0.15, 0.2) is 41.5 Å². The maximum absolute atomic E-state index is 12.9. The summed E-state index contributed by atoms with van der Waals surface area (Å²) >= 11 is 0. The van der Waals surface area contributed by atoms with Crippen LogP contribution in [0.1, 0.15) is 11.1 Å². The Kier molecular flexibility index (Phi) is 3.34. The molecule has 19 heavy (non-hydrogen) atoms. The molecule has 1 N–H and O–H groups in total. The number of halogens is 3. The second-order valence-electron chi connectivity index (χ2n) is 4.28. The zero-order valence-electron chi connectivity index (χ0n) is 10.2. The number of alkyl halides is 3. The van der Waals surface area contributed by atoms with Gasteiger partial charge in [-0.3, -0.25) is 0 Å². The van der Waals surface area contributed by atoms with Gasteiger partial charge in [-0.05, 0) is 24.6 Å². The third-order valence-corrected chi connectivity index (χ3v) is 2.84. The highest BCUT2D eigenvalue weighted by Gasteiger charge is 2.36. The fourth-order valence-corrected chi connectivity index (χ4v) is 1.91. The number of nitrogens with one attached hydrogen (secondary N) is 1. The zero-order chi connectivity index (χ0) is 14.0. The predicted octanol–water partition coefficient (Wildman–Crippen LogP) is 3.32. The van der Waals surface area contributed by atoms with Gasteiger partial charge in [0.05, 0.1) is 23.8 Å². The Balaban J connectivity index is 2.48. The third kappa shape index (κ3) is 2.79. The second-order valence-corrected chi connectivity index (χ2v) is 4.28. The van der Waals surface area contributed by atoms with E-state index < -0.39 is 11.7 Å². The lowest BCUT2D eigenvalue weighted by atomic mass is 9.99. The molecule has 0 fully saturated rings. The summed E-state index contributed by atoms with van der Waals surface area (Å²) in [5.41, 5.74) is 0.867. The molecule has 0 aliphatic carbocycles. The largest absolute Gasteiger partial charge is 0.417 e. The van der Waals surface area contributed by atoms with E-state index in [0.29, 0.717) is 11.3 Å². The van der Waals surface area contributed by atoms with Gasteiger partial charge >= 0.3 is 6.18 Å². The molecule has 1 heterocycles. The average molecular weight is 264 g/mol. The summed E-state index contributed by atoms with van der Waals surface area (Å²) in [6.45, 7) is 1.76. The average Bonchev–Trinajstić information content (AvgIpc) is 2.37. The molecule has 0 saturated carbocycles. The summed E-state index contributed by atoms with van der Waals surface area (Å²) in [5, 5.41) is 11.6. The number of rotatable bonds is 1. The van der Waals surface area contributed by atoms with Gasteiger partial charge in [-0.2, -0.15) is 18.4 Å². The van der Waals surface area contributed by atoms with Crippen LogP contribution in [-0.2, 0) is 0 Å². The van der Waals surface area contributed by atoms with Gasteiger partial charge in [0.25, 0.3) is 0 Å². The van der Waals surface area contributed by atoms with E-state index in [4.69, 9.17) is 5.26 Å². The van der Waals surface area contributed by atoms with Gasteiger partial charge in [-0.25, -0.2) is 0 Å². The Morgan fingerprint density at radius 3 is 2.63 bits per heavy atom. The summed E-state index contributed by atoms with van der Waals surface area (Å²) in [7, 11) is 0. The molecular weight excluding hydrogens is 253 g/mol. The van der Waals surface area contributed by atoms with E-state index >= 15 is 0 Å². The van der Waals surface area contributed by atoms with Crippen LogP contribution in [0.25, 0.3) is 5.70 Å². The van der Waals surface area contributed by atoms with Crippen LogP contribution in [0.2, 0.25) is 0 Å². The van der Waals surface area contributed by atoms with E-state index in [1.807, 2.05) is 13.0 Å². The highest BCUT2D eigenvalue weighted by atomic mass is 19.4. The molecule has 1 aliphatic heterocycles. The normalized spacial score (nSPS) is 15.6. The van der Waals surface area contributed by atoms with Gasteiger partial charge in [0.1, 0.15) is 0 Å². The van der Waals surface area contributed by atoms with E-state index in [2.05, 4.69) is 5.32 Å². The Bertz CT molecular complexity index is 604. The molecule has 0 bridgehead atoms. The number of nitriles is 1. The Morgan fingerprint density at radius 1 is 1.32 bits per heavy atom. The number of dihydropyridines is 1. The zero-order valence-corrected chi connectivity index (χ0v) is 10.2. The van der Waals surface area contributed by atoms with Crippen molar-refractivity contribution >= 4 is 5.70 Å². The number of allylic oxidation sites excluding steroid dienone is 2. The molecule has 1 aliphatic rings. The number of aryl methyl sites for hydroxylation is 1. The monoisotopic (exact) mass is 264 g/mol. The van der Waals surface area contributed by atoms with Gasteiger partial charge < -0.3 is 5.32 Å². The number of nitrogens with zero attached hydrogens (tertiary/aromatic N) is 1. The van der Waals surface area contributed by atoms with E-state index in [1.54, 1.807) is 24.3 Å². The topological polar surface area (TPSA) is 35.8 Å². The van der Waals surface area contributed by atoms with Crippen molar-refractivity contribution in [1.82, 2.24) is 5.32 Å². The van der Waals surface area contributed by atoms with E-state index in [9.17, 15) is 13.2 Å². The number of benzene rings is 1. The van der Waals surface area contributed by atoms with Crippen molar-refractivity contribution in [3.8, 4) is 6.07 Å². The van der Waals surface area contributed by atoms with E-state index in [-0.39, 0.29) is 12.1 Å². The Labute approximate surface area is 108 Å². The highest BCUT2D eigenvalue weighted by Crippen LogP contribution is 2.33. The van der Waals surface area contributed by atoms with Crippen LogP contribution < -0.4 is 5.32 Å². The third-order valence-electron chi connectivity index (χ3n) is 2.84. The van der Waals surface area contributed by atoms with Crippen molar-refractivity contribution in [3.05, 3.63) is 52.6 Å². The van der Waals surface area contributed by atoms with E-state index in [1.165, 1.54) is 0 Å². The molecule has 0 spiro atoms. The summed E-state index contributed by atoms with van der Waals surface area (Å²) in [6.07, 6.45) is -3.51. The van der Waals surface area contributed by atoms with Gasteiger partial charge in [0, 0.05) is 5.70 Å². The first-order chi connectivity index (χ1) is 8.91. The maximum Gasteiger partial charge on any atom is 0.417 e. The summed E-state index contributed by atoms with van der Waals surface area (Å²) < 4.78 is 38.6. The van der Waals surface area contributed by atoms with Gasteiger partial charge in [0.15, 0.2) is 0 Å². The minimum Gasteiger partial charge on any atom is -0.380 e. The first-order valence-electron chi connectivity index (χ1n) is 5.65. The SMILES string of the molecule is Cc1cccc(C2=CC(C(F)(F)F)=C(C#N)CN2)c1.